The van der Waals surface area contributed by atoms with Crippen LogP contribution in [0.2, 0.25) is 0 Å². The zero-order chi connectivity index (χ0) is 9.52. The first-order valence-corrected chi connectivity index (χ1v) is 5.04. The standard InChI is InChI=1S/C9H12N2OS/c1-8-5-9(7-10-6-8)11-13-4-2-3-12/h3,5-7,11H,2,4H2,1H3. The van der Waals surface area contributed by atoms with Gasteiger partial charge in [-0.3, -0.25) is 4.98 Å². The van der Waals surface area contributed by atoms with E-state index in [0.717, 1.165) is 23.3 Å². The van der Waals surface area contributed by atoms with Crippen molar-refractivity contribution in [1.29, 1.82) is 0 Å². The summed E-state index contributed by atoms with van der Waals surface area (Å²) in [6, 6.07) is 2.01. The molecule has 0 atom stereocenters. The van der Waals surface area contributed by atoms with E-state index in [0.29, 0.717) is 6.42 Å². The maximum Gasteiger partial charge on any atom is 0.120 e. The molecule has 1 rings (SSSR count). The van der Waals surface area contributed by atoms with Crippen LogP contribution in [0.15, 0.2) is 18.5 Å². The van der Waals surface area contributed by atoms with Gasteiger partial charge in [-0.2, -0.15) is 0 Å². The average Bonchev–Trinajstić information content (AvgIpc) is 2.13. The molecule has 0 aliphatic heterocycles. The van der Waals surface area contributed by atoms with E-state index in [1.54, 1.807) is 12.4 Å². The van der Waals surface area contributed by atoms with Crippen molar-refractivity contribution in [3.05, 3.63) is 24.0 Å². The number of pyridine rings is 1. The van der Waals surface area contributed by atoms with Crippen molar-refractivity contribution in [2.75, 3.05) is 10.5 Å². The Hall–Kier alpha value is -1.03. The zero-order valence-electron chi connectivity index (χ0n) is 7.49. The van der Waals surface area contributed by atoms with E-state index >= 15 is 0 Å². The highest BCUT2D eigenvalue weighted by Crippen LogP contribution is 2.12. The van der Waals surface area contributed by atoms with Crippen LogP contribution < -0.4 is 4.72 Å². The van der Waals surface area contributed by atoms with Gasteiger partial charge in [0.1, 0.15) is 6.29 Å². The lowest BCUT2D eigenvalue weighted by molar-refractivity contribution is -0.107. The fourth-order valence-electron chi connectivity index (χ4n) is 0.852. The lowest BCUT2D eigenvalue weighted by atomic mass is 10.3. The molecular formula is C9H12N2OS. The van der Waals surface area contributed by atoms with E-state index in [4.69, 9.17) is 0 Å². The van der Waals surface area contributed by atoms with Crippen LogP contribution in [0.25, 0.3) is 0 Å². The molecule has 0 radical (unpaired) electrons. The fourth-order valence-corrected chi connectivity index (χ4v) is 1.45. The molecule has 4 heteroatoms. The highest BCUT2D eigenvalue weighted by atomic mass is 32.2. The molecule has 1 heterocycles. The van der Waals surface area contributed by atoms with Crippen molar-refractivity contribution < 1.29 is 4.79 Å². The lowest BCUT2D eigenvalue weighted by Crippen LogP contribution is -1.91. The Kier molecular flexibility index (Phi) is 4.32. The topological polar surface area (TPSA) is 42.0 Å². The van der Waals surface area contributed by atoms with Crippen LogP contribution in [0, 0.1) is 6.92 Å². The molecule has 1 aromatic heterocycles. The van der Waals surface area contributed by atoms with Gasteiger partial charge >= 0.3 is 0 Å². The molecule has 0 saturated heterocycles. The summed E-state index contributed by atoms with van der Waals surface area (Å²) in [5, 5.41) is 0. The van der Waals surface area contributed by atoms with Crippen molar-refractivity contribution in [2.45, 2.75) is 13.3 Å². The Balaban J connectivity index is 2.32. The molecule has 0 unspecified atom stereocenters. The van der Waals surface area contributed by atoms with Gasteiger partial charge in [0.2, 0.25) is 0 Å². The molecule has 0 amide bonds. The van der Waals surface area contributed by atoms with Gasteiger partial charge in [0.15, 0.2) is 0 Å². The Morgan fingerprint density at radius 2 is 2.46 bits per heavy atom. The van der Waals surface area contributed by atoms with E-state index in [1.807, 2.05) is 13.0 Å². The smallest absolute Gasteiger partial charge is 0.120 e. The van der Waals surface area contributed by atoms with Crippen LogP contribution in [-0.2, 0) is 4.79 Å². The van der Waals surface area contributed by atoms with Crippen molar-refractivity contribution in [1.82, 2.24) is 4.98 Å². The normalized spacial score (nSPS) is 9.62. The van der Waals surface area contributed by atoms with E-state index in [1.165, 1.54) is 11.9 Å². The molecular weight excluding hydrogens is 184 g/mol. The van der Waals surface area contributed by atoms with E-state index in [2.05, 4.69) is 9.71 Å². The number of nitrogens with one attached hydrogen (secondary N) is 1. The first kappa shape index (κ1) is 10.1. The van der Waals surface area contributed by atoms with Crippen LogP contribution in [-0.4, -0.2) is 17.0 Å². The first-order chi connectivity index (χ1) is 6.33. The van der Waals surface area contributed by atoms with Gasteiger partial charge in [-0.15, -0.1) is 0 Å². The number of anilines is 1. The van der Waals surface area contributed by atoms with Crippen molar-refractivity contribution in [3.8, 4) is 0 Å². The summed E-state index contributed by atoms with van der Waals surface area (Å²) in [6.45, 7) is 1.99. The molecule has 0 spiro atoms. The van der Waals surface area contributed by atoms with Gasteiger partial charge < -0.3 is 9.52 Å². The quantitative estimate of drug-likeness (QED) is 0.444. The second-order valence-corrected chi connectivity index (χ2v) is 3.56. The maximum atomic E-state index is 10.0. The second-order valence-electron chi connectivity index (χ2n) is 2.66. The molecule has 0 aliphatic carbocycles. The van der Waals surface area contributed by atoms with Gasteiger partial charge in [-0.1, -0.05) is 11.9 Å². The summed E-state index contributed by atoms with van der Waals surface area (Å²) in [6.07, 6.45) is 5.07. The fraction of sp³-hybridized carbons (Fsp3) is 0.333. The molecule has 1 N–H and O–H groups in total. The molecule has 3 nitrogen and oxygen atoms in total. The maximum absolute atomic E-state index is 10.0. The molecule has 1 aromatic rings. The van der Waals surface area contributed by atoms with Crippen LogP contribution in [0.5, 0.6) is 0 Å². The van der Waals surface area contributed by atoms with Gasteiger partial charge in [-0.05, 0) is 18.6 Å². The molecule has 0 fully saturated rings. The number of nitrogens with zero attached hydrogens (tertiary/aromatic N) is 1. The number of hydrogen-bond acceptors (Lipinski definition) is 4. The van der Waals surface area contributed by atoms with Crippen LogP contribution >= 0.6 is 11.9 Å². The van der Waals surface area contributed by atoms with Crippen LogP contribution in [0.1, 0.15) is 12.0 Å². The van der Waals surface area contributed by atoms with Gasteiger partial charge in [0.25, 0.3) is 0 Å². The summed E-state index contributed by atoms with van der Waals surface area (Å²) in [4.78, 5) is 14.1. The SMILES string of the molecule is Cc1cncc(NSCCC=O)c1. The number of aromatic nitrogens is 1. The number of rotatable bonds is 5. The number of hydrogen-bond donors (Lipinski definition) is 1. The molecule has 0 saturated carbocycles. The minimum absolute atomic E-state index is 0.580. The summed E-state index contributed by atoms with van der Waals surface area (Å²) >= 11 is 1.52. The van der Waals surface area contributed by atoms with Gasteiger partial charge in [0, 0.05) is 18.4 Å². The summed E-state index contributed by atoms with van der Waals surface area (Å²) in [7, 11) is 0. The molecule has 13 heavy (non-hydrogen) atoms. The summed E-state index contributed by atoms with van der Waals surface area (Å²) in [5.41, 5.74) is 2.11. The summed E-state index contributed by atoms with van der Waals surface area (Å²) < 4.78 is 3.12. The van der Waals surface area contributed by atoms with Crippen molar-refractivity contribution in [3.63, 3.8) is 0 Å². The third-order valence-electron chi connectivity index (χ3n) is 1.40. The third-order valence-corrected chi connectivity index (χ3v) is 2.22. The van der Waals surface area contributed by atoms with Gasteiger partial charge in [-0.25, -0.2) is 0 Å². The minimum Gasteiger partial charge on any atom is -0.328 e. The second kappa shape index (κ2) is 5.59. The molecule has 70 valence electrons. The summed E-state index contributed by atoms with van der Waals surface area (Å²) in [5.74, 6) is 0.789. The highest BCUT2D eigenvalue weighted by molar-refractivity contribution is 8.00. The van der Waals surface area contributed by atoms with Crippen LogP contribution in [0.4, 0.5) is 5.69 Å². The average molecular weight is 196 g/mol. The number of aryl methyl sites for hydroxylation is 1. The lowest BCUT2D eigenvalue weighted by Gasteiger charge is -2.03. The number of carbonyl (C=O) groups is 1. The molecule has 0 aromatic carbocycles. The monoisotopic (exact) mass is 196 g/mol. The Morgan fingerprint density at radius 1 is 1.62 bits per heavy atom. The molecule has 0 bridgehead atoms. The Bertz CT molecular complexity index is 278. The Morgan fingerprint density at radius 3 is 3.15 bits per heavy atom. The Labute approximate surface area is 82.1 Å². The number of aldehydes is 1. The highest BCUT2D eigenvalue weighted by Gasteiger charge is 1.92. The third kappa shape index (κ3) is 3.94. The van der Waals surface area contributed by atoms with E-state index < -0.39 is 0 Å². The number of carbonyl (C=O) groups excluding carboxylic acids is 1. The van der Waals surface area contributed by atoms with E-state index in [9.17, 15) is 4.79 Å². The minimum atomic E-state index is 0.580. The van der Waals surface area contributed by atoms with Crippen molar-refractivity contribution >= 4 is 23.9 Å². The predicted octanol–water partition coefficient (Wildman–Crippen LogP) is 2.04. The predicted molar refractivity (Wildman–Crippen MR) is 55.7 cm³/mol. The van der Waals surface area contributed by atoms with Crippen LogP contribution in [0.3, 0.4) is 0 Å². The van der Waals surface area contributed by atoms with Gasteiger partial charge in [0.05, 0.1) is 11.9 Å². The molecule has 0 aliphatic rings. The van der Waals surface area contributed by atoms with Crippen molar-refractivity contribution in [2.24, 2.45) is 0 Å². The first-order valence-electron chi connectivity index (χ1n) is 4.06. The largest absolute Gasteiger partial charge is 0.328 e. The zero-order valence-corrected chi connectivity index (χ0v) is 8.30. The van der Waals surface area contributed by atoms with E-state index in [-0.39, 0.29) is 0 Å².